The van der Waals surface area contributed by atoms with E-state index in [1.807, 2.05) is 18.7 Å². The second-order valence-corrected chi connectivity index (χ2v) is 6.56. The monoisotopic (exact) mass is 361 g/mol. The van der Waals surface area contributed by atoms with Gasteiger partial charge in [-0.2, -0.15) is 0 Å². The molecule has 0 spiro atoms. The van der Waals surface area contributed by atoms with E-state index in [1.54, 1.807) is 24.3 Å². The average Bonchev–Trinajstić information content (AvgIpc) is 3.01. The zero-order chi connectivity index (χ0) is 18.9. The minimum absolute atomic E-state index is 0.0713. The van der Waals surface area contributed by atoms with Crippen LogP contribution in [-0.2, 0) is 9.59 Å². The summed E-state index contributed by atoms with van der Waals surface area (Å²) in [5, 5.41) is 5.34. The molecule has 1 aliphatic heterocycles. The van der Waals surface area contributed by atoms with Crippen molar-refractivity contribution in [2.45, 2.75) is 39.2 Å². The predicted octanol–water partition coefficient (Wildman–Crippen LogP) is 1.33. The first-order valence-electron chi connectivity index (χ1n) is 9.05. The van der Waals surface area contributed by atoms with Crippen molar-refractivity contribution >= 4 is 17.7 Å². The zero-order valence-electron chi connectivity index (χ0n) is 15.4. The molecule has 1 saturated heterocycles. The normalized spacial score (nSPS) is 13.8. The first-order valence-corrected chi connectivity index (χ1v) is 9.05. The Bertz CT molecular complexity index is 628. The quantitative estimate of drug-likeness (QED) is 0.650. The zero-order valence-corrected chi connectivity index (χ0v) is 15.4. The van der Waals surface area contributed by atoms with E-state index in [0.717, 1.165) is 13.0 Å². The Balaban J connectivity index is 1.63. The molecule has 1 heterocycles. The number of carbonyl (C=O) groups excluding carboxylic acids is 3. The Morgan fingerprint density at radius 2 is 1.92 bits per heavy atom. The number of hydrogen-bond donors (Lipinski definition) is 2. The minimum Gasteiger partial charge on any atom is -0.491 e. The first kappa shape index (κ1) is 19.8. The van der Waals surface area contributed by atoms with Gasteiger partial charge in [-0.05, 0) is 51.0 Å². The number of ether oxygens (including phenoxy) is 1. The lowest BCUT2D eigenvalue weighted by Gasteiger charge is -2.15. The lowest BCUT2D eigenvalue weighted by atomic mass is 10.2. The molecular formula is C19H27N3O4. The lowest BCUT2D eigenvalue weighted by molar-refractivity contribution is -0.127. The van der Waals surface area contributed by atoms with Crippen LogP contribution in [0, 0.1) is 0 Å². The van der Waals surface area contributed by atoms with Gasteiger partial charge in [0.05, 0.1) is 12.6 Å². The van der Waals surface area contributed by atoms with Gasteiger partial charge >= 0.3 is 0 Å². The number of hydrogen-bond acceptors (Lipinski definition) is 4. The molecular weight excluding hydrogens is 334 g/mol. The van der Waals surface area contributed by atoms with Gasteiger partial charge < -0.3 is 20.3 Å². The van der Waals surface area contributed by atoms with Crippen LogP contribution in [0.3, 0.4) is 0 Å². The maximum absolute atomic E-state index is 12.0. The van der Waals surface area contributed by atoms with E-state index >= 15 is 0 Å². The third-order valence-electron chi connectivity index (χ3n) is 4.00. The summed E-state index contributed by atoms with van der Waals surface area (Å²) in [4.78, 5) is 37.1. The van der Waals surface area contributed by atoms with Crippen molar-refractivity contribution in [3.63, 3.8) is 0 Å². The van der Waals surface area contributed by atoms with Crippen LogP contribution in [0.25, 0.3) is 0 Å². The summed E-state index contributed by atoms with van der Waals surface area (Å²) in [6.45, 7) is 5.75. The van der Waals surface area contributed by atoms with Crippen LogP contribution >= 0.6 is 0 Å². The highest BCUT2D eigenvalue weighted by Gasteiger charge is 2.19. The van der Waals surface area contributed by atoms with E-state index in [-0.39, 0.29) is 30.4 Å². The molecule has 1 aliphatic rings. The van der Waals surface area contributed by atoms with Crippen LogP contribution in [0.5, 0.6) is 5.75 Å². The van der Waals surface area contributed by atoms with Gasteiger partial charge in [0, 0.05) is 31.6 Å². The summed E-state index contributed by atoms with van der Waals surface area (Å²) in [5.41, 5.74) is 0.474. The fourth-order valence-electron chi connectivity index (χ4n) is 2.72. The van der Waals surface area contributed by atoms with E-state index in [2.05, 4.69) is 10.6 Å². The highest BCUT2D eigenvalue weighted by Crippen LogP contribution is 2.13. The number of nitrogens with zero attached hydrogens (tertiary/aromatic N) is 1. The van der Waals surface area contributed by atoms with Crippen LogP contribution in [-0.4, -0.2) is 54.9 Å². The molecule has 7 heteroatoms. The molecule has 0 aromatic heterocycles. The molecule has 0 atom stereocenters. The standard InChI is InChI=1S/C19H27N3O4/c1-14(2)26-16-8-6-15(7-9-16)19(25)21-13-17(23)20-10-4-12-22-11-3-5-18(22)24/h6-9,14H,3-5,10-13H2,1-2H3,(H,20,23)(H,21,25). The second-order valence-electron chi connectivity index (χ2n) is 6.56. The summed E-state index contributed by atoms with van der Waals surface area (Å²) < 4.78 is 5.53. The van der Waals surface area contributed by atoms with Crippen molar-refractivity contribution in [2.24, 2.45) is 0 Å². The SMILES string of the molecule is CC(C)Oc1ccc(C(=O)NCC(=O)NCCCN2CCCC2=O)cc1. The molecule has 26 heavy (non-hydrogen) atoms. The minimum atomic E-state index is -0.307. The first-order chi connectivity index (χ1) is 12.5. The number of rotatable bonds is 9. The Labute approximate surface area is 154 Å². The van der Waals surface area contributed by atoms with E-state index in [0.29, 0.717) is 37.2 Å². The average molecular weight is 361 g/mol. The van der Waals surface area contributed by atoms with Crippen LogP contribution in [0.1, 0.15) is 43.5 Å². The van der Waals surface area contributed by atoms with E-state index in [4.69, 9.17) is 4.74 Å². The molecule has 3 amide bonds. The van der Waals surface area contributed by atoms with Crippen molar-refractivity contribution in [1.29, 1.82) is 0 Å². The highest BCUT2D eigenvalue weighted by molar-refractivity contribution is 5.96. The molecule has 1 fully saturated rings. The van der Waals surface area contributed by atoms with Crippen LogP contribution in [0.2, 0.25) is 0 Å². The van der Waals surface area contributed by atoms with Crippen molar-refractivity contribution in [1.82, 2.24) is 15.5 Å². The molecule has 2 rings (SSSR count). The maximum Gasteiger partial charge on any atom is 0.251 e. The maximum atomic E-state index is 12.0. The number of benzene rings is 1. The number of likely N-dealkylation sites (tertiary alicyclic amines) is 1. The molecule has 0 unspecified atom stereocenters. The molecule has 0 aliphatic carbocycles. The highest BCUT2D eigenvalue weighted by atomic mass is 16.5. The Hall–Kier alpha value is -2.57. The molecule has 142 valence electrons. The van der Waals surface area contributed by atoms with Gasteiger partial charge in [-0.1, -0.05) is 0 Å². The lowest BCUT2D eigenvalue weighted by Crippen LogP contribution is -2.38. The Kier molecular flexibility index (Phi) is 7.44. The molecule has 1 aromatic carbocycles. The van der Waals surface area contributed by atoms with Gasteiger partial charge in [-0.25, -0.2) is 0 Å². The number of amides is 3. The van der Waals surface area contributed by atoms with E-state index in [9.17, 15) is 14.4 Å². The van der Waals surface area contributed by atoms with Gasteiger partial charge in [0.25, 0.3) is 5.91 Å². The van der Waals surface area contributed by atoms with Gasteiger partial charge in [0.1, 0.15) is 5.75 Å². The molecule has 0 radical (unpaired) electrons. The largest absolute Gasteiger partial charge is 0.491 e. The Morgan fingerprint density at radius 1 is 1.19 bits per heavy atom. The van der Waals surface area contributed by atoms with Gasteiger partial charge in [0.2, 0.25) is 11.8 Å². The number of carbonyl (C=O) groups is 3. The van der Waals surface area contributed by atoms with E-state index in [1.165, 1.54) is 0 Å². The topological polar surface area (TPSA) is 87.7 Å². The summed E-state index contributed by atoms with van der Waals surface area (Å²) in [7, 11) is 0. The molecule has 2 N–H and O–H groups in total. The molecule has 0 saturated carbocycles. The molecule has 1 aromatic rings. The molecule has 7 nitrogen and oxygen atoms in total. The summed E-state index contributed by atoms with van der Waals surface area (Å²) in [5.74, 6) is 0.337. The summed E-state index contributed by atoms with van der Waals surface area (Å²) in [6.07, 6.45) is 2.33. The van der Waals surface area contributed by atoms with Crippen molar-refractivity contribution in [3.05, 3.63) is 29.8 Å². The van der Waals surface area contributed by atoms with Crippen molar-refractivity contribution < 1.29 is 19.1 Å². The smallest absolute Gasteiger partial charge is 0.251 e. The predicted molar refractivity (Wildman–Crippen MR) is 98.0 cm³/mol. The summed E-state index contributed by atoms with van der Waals surface area (Å²) >= 11 is 0. The molecule has 0 bridgehead atoms. The summed E-state index contributed by atoms with van der Waals surface area (Å²) in [6, 6.07) is 6.79. The van der Waals surface area contributed by atoms with Crippen molar-refractivity contribution in [3.8, 4) is 5.75 Å². The third kappa shape index (κ3) is 6.38. The van der Waals surface area contributed by atoms with Gasteiger partial charge in [-0.15, -0.1) is 0 Å². The van der Waals surface area contributed by atoms with Gasteiger partial charge in [-0.3, -0.25) is 14.4 Å². The second kappa shape index (κ2) is 9.79. The van der Waals surface area contributed by atoms with Crippen LogP contribution in [0.15, 0.2) is 24.3 Å². The van der Waals surface area contributed by atoms with Gasteiger partial charge in [0.15, 0.2) is 0 Å². The van der Waals surface area contributed by atoms with Crippen LogP contribution < -0.4 is 15.4 Å². The van der Waals surface area contributed by atoms with Crippen LogP contribution in [0.4, 0.5) is 0 Å². The fourth-order valence-corrected chi connectivity index (χ4v) is 2.72. The fraction of sp³-hybridized carbons (Fsp3) is 0.526. The van der Waals surface area contributed by atoms with Crippen molar-refractivity contribution in [2.75, 3.05) is 26.2 Å². The third-order valence-corrected chi connectivity index (χ3v) is 4.00. The van der Waals surface area contributed by atoms with E-state index < -0.39 is 0 Å². The number of nitrogens with one attached hydrogen (secondary N) is 2. The Morgan fingerprint density at radius 3 is 2.54 bits per heavy atom.